The number of nitrogens with zero attached hydrogens (tertiary/aromatic N) is 3. The van der Waals surface area contributed by atoms with Gasteiger partial charge in [0, 0.05) is 6.54 Å². The van der Waals surface area contributed by atoms with Gasteiger partial charge in [0.15, 0.2) is 0 Å². The first kappa shape index (κ1) is 11.2. The van der Waals surface area contributed by atoms with Gasteiger partial charge >= 0.3 is 0 Å². The summed E-state index contributed by atoms with van der Waals surface area (Å²) in [7, 11) is 0. The molecule has 1 heterocycles. The third-order valence-electron chi connectivity index (χ3n) is 2.13. The van der Waals surface area contributed by atoms with Gasteiger partial charge in [-0.05, 0) is 32.4 Å². The zero-order valence-electron chi connectivity index (χ0n) is 8.95. The molecular formula is C10H20N4. The summed E-state index contributed by atoms with van der Waals surface area (Å²) in [5, 5.41) is 7.45. The molecule has 0 aliphatic rings. The lowest BCUT2D eigenvalue weighted by Crippen LogP contribution is -2.15. The van der Waals surface area contributed by atoms with Gasteiger partial charge < -0.3 is 5.32 Å². The van der Waals surface area contributed by atoms with Crippen LogP contribution in [0.1, 0.15) is 32.6 Å². The maximum atomic E-state index is 4.05. The highest BCUT2D eigenvalue weighted by molar-refractivity contribution is 4.56. The van der Waals surface area contributed by atoms with Crippen LogP contribution in [-0.4, -0.2) is 27.9 Å². The summed E-state index contributed by atoms with van der Waals surface area (Å²) in [4.78, 5) is 3.90. The summed E-state index contributed by atoms with van der Waals surface area (Å²) < 4.78 is 1.89. The summed E-state index contributed by atoms with van der Waals surface area (Å²) in [6.07, 6.45) is 8.29. The zero-order chi connectivity index (χ0) is 10.1. The third-order valence-corrected chi connectivity index (χ3v) is 2.13. The Morgan fingerprint density at radius 2 is 2.14 bits per heavy atom. The molecule has 0 aromatic carbocycles. The van der Waals surface area contributed by atoms with Crippen molar-refractivity contribution in [1.82, 2.24) is 20.1 Å². The predicted octanol–water partition coefficient (Wildman–Crippen LogP) is 1.45. The monoisotopic (exact) mass is 196 g/mol. The summed E-state index contributed by atoms with van der Waals surface area (Å²) >= 11 is 0. The lowest BCUT2D eigenvalue weighted by atomic mass is 10.2. The van der Waals surface area contributed by atoms with E-state index in [-0.39, 0.29) is 0 Å². The van der Waals surface area contributed by atoms with E-state index in [0.29, 0.717) is 0 Å². The first-order valence-electron chi connectivity index (χ1n) is 5.46. The van der Waals surface area contributed by atoms with Crippen LogP contribution >= 0.6 is 0 Å². The molecule has 1 aromatic rings. The molecule has 0 atom stereocenters. The van der Waals surface area contributed by atoms with E-state index >= 15 is 0 Å². The lowest BCUT2D eigenvalue weighted by Gasteiger charge is -2.02. The molecule has 0 saturated heterocycles. The average Bonchev–Trinajstić information content (AvgIpc) is 2.69. The molecule has 0 aliphatic carbocycles. The van der Waals surface area contributed by atoms with E-state index in [2.05, 4.69) is 22.3 Å². The van der Waals surface area contributed by atoms with E-state index in [4.69, 9.17) is 0 Å². The van der Waals surface area contributed by atoms with Crippen molar-refractivity contribution in [1.29, 1.82) is 0 Å². The molecule has 1 aromatic heterocycles. The highest BCUT2D eigenvalue weighted by atomic mass is 15.3. The van der Waals surface area contributed by atoms with Crippen molar-refractivity contribution in [3.8, 4) is 0 Å². The van der Waals surface area contributed by atoms with Gasteiger partial charge in [-0.15, -0.1) is 0 Å². The molecule has 4 nitrogen and oxygen atoms in total. The number of aromatic nitrogens is 3. The van der Waals surface area contributed by atoms with E-state index < -0.39 is 0 Å². The second-order valence-corrected chi connectivity index (χ2v) is 3.47. The molecule has 14 heavy (non-hydrogen) atoms. The van der Waals surface area contributed by atoms with Crippen LogP contribution in [0.2, 0.25) is 0 Å². The molecule has 0 spiro atoms. The fourth-order valence-corrected chi connectivity index (χ4v) is 1.35. The van der Waals surface area contributed by atoms with E-state index in [1.165, 1.54) is 25.7 Å². The predicted molar refractivity (Wildman–Crippen MR) is 57.0 cm³/mol. The maximum absolute atomic E-state index is 4.05. The van der Waals surface area contributed by atoms with Gasteiger partial charge in [-0.1, -0.05) is 13.3 Å². The van der Waals surface area contributed by atoms with Gasteiger partial charge in [0.25, 0.3) is 0 Å². The average molecular weight is 196 g/mol. The van der Waals surface area contributed by atoms with Crippen LogP contribution in [0.25, 0.3) is 0 Å². The van der Waals surface area contributed by atoms with Crippen molar-refractivity contribution in [2.75, 3.05) is 13.1 Å². The molecule has 4 heteroatoms. The molecule has 0 unspecified atom stereocenters. The van der Waals surface area contributed by atoms with Gasteiger partial charge in [0.05, 0.1) is 0 Å². The van der Waals surface area contributed by atoms with Crippen LogP contribution in [0.5, 0.6) is 0 Å². The van der Waals surface area contributed by atoms with Crippen molar-refractivity contribution in [3.63, 3.8) is 0 Å². The first-order valence-corrected chi connectivity index (χ1v) is 5.46. The fraction of sp³-hybridized carbons (Fsp3) is 0.800. The SMILES string of the molecule is CCCNCCCCCn1cncn1. The minimum Gasteiger partial charge on any atom is -0.317 e. The van der Waals surface area contributed by atoms with E-state index in [9.17, 15) is 0 Å². The Balaban J connectivity index is 1.85. The highest BCUT2D eigenvalue weighted by Crippen LogP contribution is 1.96. The van der Waals surface area contributed by atoms with E-state index in [1.807, 2.05) is 4.68 Å². The van der Waals surface area contributed by atoms with Crippen LogP contribution < -0.4 is 5.32 Å². The molecule has 0 fully saturated rings. The molecule has 1 N–H and O–H groups in total. The van der Waals surface area contributed by atoms with Crippen LogP contribution in [0.4, 0.5) is 0 Å². The van der Waals surface area contributed by atoms with Gasteiger partial charge in [-0.25, -0.2) is 4.98 Å². The Morgan fingerprint density at radius 3 is 2.86 bits per heavy atom. The van der Waals surface area contributed by atoms with Crippen molar-refractivity contribution < 1.29 is 0 Å². The summed E-state index contributed by atoms with van der Waals surface area (Å²) in [6.45, 7) is 5.47. The number of hydrogen-bond donors (Lipinski definition) is 1. The maximum Gasteiger partial charge on any atom is 0.137 e. The van der Waals surface area contributed by atoms with Crippen molar-refractivity contribution in [2.45, 2.75) is 39.2 Å². The van der Waals surface area contributed by atoms with Crippen LogP contribution in [0.3, 0.4) is 0 Å². The minimum atomic E-state index is 0.994. The summed E-state index contributed by atoms with van der Waals surface area (Å²) in [5.74, 6) is 0. The number of aryl methyl sites for hydroxylation is 1. The second kappa shape index (κ2) is 7.50. The Morgan fingerprint density at radius 1 is 1.21 bits per heavy atom. The lowest BCUT2D eigenvalue weighted by molar-refractivity contribution is 0.528. The Labute approximate surface area is 85.7 Å². The smallest absolute Gasteiger partial charge is 0.137 e. The second-order valence-electron chi connectivity index (χ2n) is 3.47. The topological polar surface area (TPSA) is 42.7 Å². The quantitative estimate of drug-likeness (QED) is 0.640. The Kier molecular flexibility index (Phi) is 5.99. The van der Waals surface area contributed by atoms with Gasteiger partial charge in [0.2, 0.25) is 0 Å². The van der Waals surface area contributed by atoms with E-state index in [0.717, 1.165) is 19.6 Å². The first-order chi connectivity index (χ1) is 6.93. The molecule has 80 valence electrons. The van der Waals surface area contributed by atoms with Crippen molar-refractivity contribution in [3.05, 3.63) is 12.7 Å². The van der Waals surface area contributed by atoms with Gasteiger partial charge in [0.1, 0.15) is 12.7 Å². The number of nitrogens with one attached hydrogen (secondary N) is 1. The molecular weight excluding hydrogens is 176 g/mol. The molecule has 0 amide bonds. The van der Waals surface area contributed by atoms with Crippen molar-refractivity contribution in [2.24, 2.45) is 0 Å². The summed E-state index contributed by atoms with van der Waals surface area (Å²) in [6, 6.07) is 0. The Bertz CT molecular complexity index is 208. The number of unbranched alkanes of at least 4 members (excludes halogenated alkanes) is 2. The van der Waals surface area contributed by atoms with Gasteiger partial charge in [-0.2, -0.15) is 5.10 Å². The number of rotatable bonds is 8. The fourth-order valence-electron chi connectivity index (χ4n) is 1.35. The Hall–Kier alpha value is -0.900. The largest absolute Gasteiger partial charge is 0.317 e. The summed E-state index contributed by atoms with van der Waals surface area (Å²) in [5.41, 5.74) is 0. The number of hydrogen-bond acceptors (Lipinski definition) is 3. The molecule has 0 radical (unpaired) electrons. The molecule has 0 saturated carbocycles. The standard InChI is InChI=1S/C10H20N4/c1-2-6-11-7-4-3-5-8-14-10-12-9-13-14/h9-11H,2-8H2,1H3. The normalized spacial score (nSPS) is 10.6. The van der Waals surface area contributed by atoms with Crippen LogP contribution in [0.15, 0.2) is 12.7 Å². The molecule has 1 rings (SSSR count). The third kappa shape index (κ3) is 4.97. The molecule has 0 aliphatic heterocycles. The zero-order valence-corrected chi connectivity index (χ0v) is 8.95. The highest BCUT2D eigenvalue weighted by Gasteiger charge is 1.92. The minimum absolute atomic E-state index is 0.994. The van der Waals surface area contributed by atoms with Gasteiger partial charge in [-0.3, -0.25) is 4.68 Å². The van der Waals surface area contributed by atoms with Crippen LogP contribution in [-0.2, 0) is 6.54 Å². The molecule has 0 bridgehead atoms. The van der Waals surface area contributed by atoms with Crippen molar-refractivity contribution >= 4 is 0 Å². The van der Waals surface area contributed by atoms with Crippen LogP contribution in [0, 0.1) is 0 Å². The van der Waals surface area contributed by atoms with E-state index in [1.54, 1.807) is 12.7 Å².